The van der Waals surface area contributed by atoms with E-state index in [1.807, 2.05) is 0 Å². The smallest absolute Gasteiger partial charge is 0.0465 e. The highest BCUT2D eigenvalue weighted by Gasteiger charge is 2.21. The summed E-state index contributed by atoms with van der Waals surface area (Å²) >= 11 is 2.06. The molecule has 0 saturated carbocycles. The number of aryl methyl sites for hydroxylation is 1. The number of fused-ring (bicyclic) bond motifs is 1. The molecule has 1 saturated heterocycles. The Bertz CT molecular complexity index is 837. The molecule has 1 aliphatic heterocycles. The number of piperidine rings is 1. The number of nitrogens with one attached hydrogen (secondary N) is 1. The quantitative estimate of drug-likeness (QED) is 0.606. The first kappa shape index (κ1) is 19.3. The molecule has 3 aromatic rings. The number of aromatic nitrogens is 1. The zero-order valence-electron chi connectivity index (χ0n) is 15.3. The highest BCUT2D eigenvalue weighted by atomic mass is 35.5. The summed E-state index contributed by atoms with van der Waals surface area (Å²) in [6.07, 6.45) is 5.93. The van der Waals surface area contributed by atoms with Gasteiger partial charge in [-0.2, -0.15) is 0 Å². The molecule has 0 radical (unpaired) electrons. The van der Waals surface area contributed by atoms with Crippen LogP contribution in [0.1, 0.15) is 24.0 Å². The molecule has 1 aliphatic rings. The topological polar surface area (TPSA) is 19.0 Å². The van der Waals surface area contributed by atoms with E-state index in [4.69, 9.17) is 0 Å². The summed E-state index contributed by atoms with van der Waals surface area (Å²) in [5.74, 6) is 0. The van der Waals surface area contributed by atoms with Crippen LogP contribution in [0.3, 0.4) is 0 Å². The molecular formula is C22H27ClN2S. The van der Waals surface area contributed by atoms with E-state index in [1.54, 1.807) is 0 Å². The molecule has 0 amide bonds. The lowest BCUT2D eigenvalue weighted by Crippen LogP contribution is -2.36. The van der Waals surface area contributed by atoms with Gasteiger partial charge in [-0.3, -0.25) is 0 Å². The Morgan fingerprint density at radius 1 is 1.04 bits per heavy atom. The first-order valence-corrected chi connectivity index (χ1v) is 10.2. The second kappa shape index (κ2) is 8.98. The summed E-state index contributed by atoms with van der Waals surface area (Å²) in [4.78, 5) is 7.45. The van der Waals surface area contributed by atoms with Gasteiger partial charge in [-0.25, -0.2) is 0 Å². The maximum atomic E-state index is 3.40. The monoisotopic (exact) mass is 386 g/mol. The molecule has 2 heterocycles. The molecule has 4 rings (SSSR count). The summed E-state index contributed by atoms with van der Waals surface area (Å²) < 4.78 is 0. The molecule has 1 aromatic heterocycles. The number of benzene rings is 2. The van der Waals surface area contributed by atoms with E-state index in [-0.39, 0.29) is 12.4 Å². The van der Waals surface area contributed by atoms with Crippen LogP contribution in [-0.4, -0.2) is 34.8 Å². The van der Waals surface area contributed by atoms with Gasteiger partial charge in [0, 0.05) is 33.8 Å². The van der Waals surface area contributed by atoms with Crippen molar-refractivity contribution in [2.24, 2.45) is 0 Å². The number of aromatic amines is 1. The molecule has 4 heteroatoms. The van der Waals surface area contributed by atoms with Crippen molar-refractivity contribution in [2.45, 2.75) is 36.3 Å². The number of hydrogen-bond acceptors (Lipinski definition) is 2. The lowest BCUT2D eigenvalue weighted by Gasteiger charge is -2.31. The van der Waals surface area contributed by atoms with Crippen LogP contribution >= 0.6 is 24.2 Å². The predicted molar refractivity (Wildman–Crippen MR) is 116 cm³/mol. The fraction of sp³-hybridized carbons (Fsp3) is 0.364. The van der Waals surface area contributed by atoms with Gasteiger partial charge in [-0.15, -0.1) is 24.2 Å². The number of hydrogen-bond donors (Lipinski definition) is 1. The van der Waals surface area contributed by atoms with Gasteiger partial charge in [0.2, 0.25) is 0 Å². The van der Waals surface area contributed by atoms with Crippen molar-refractivity contribution in [1.82, 2.24) is 9.88 Å². The largest absolute Gasteiger partial charge is 0.360 e. The fourth-order valence-electron chi connectivity index (χ4n) is 3.74. The van der Waals surface area contributed by atoms with E-state index in [0.29, 0.717) is 0 Å². The predicted octanol–water partition coefficient (Wildman–Crippen LogP) is 5.70. The summed E-state index contributed by atoms with van der Waals surface area (Å²) in [5.41, 5.74) is 4.17. The van der Waals surface area contributed by atoms with E-state index in [2.05, 4.69) is 83.3 Å². The maximum Gasteiger partial charge on any atom is 0.0465 e. The van der Waals surface area contributed by atoms with Crippen LogP contribution in [0.4, 0.5) is 0 Å². The van der Waals surface area contributed by atoms with Crippen molar-refractivity contribution < 1.29 is 0 Å². The lowest BCUT2D eigenvalue weighted by atomic mass is 10.0. The van der Waals surface area contributed by atoms with Crippen LogP contribution in [-0.2, 0) is 6.42 Å². The second-order valence-corrected chi connectivity index (χ2v) is 8.38. The van der Waals surface area contributed by atoms with E-state index < -0.39 is 0 Å². The minimum atomic E-state index is 0. The molecule has 2 aromatic carbocycles. The third-order valence-electron chi connectivity index (χ3n) is 5.34. The van der Waals surface area contributed by atoms with Gasteiger partial charge in [0.15, 0.2) is 0 Å². The fourth-order valence-corrected chi connectivity index (χ4v) is 4.98. The van der Waals surface area contributed by atoms with Gasteiger partial charge in [0.25, 0.3) is 0 Å². The van der Waals surface area contributed by atoms with Gasteiger partial charge in [-0.05, 0) is 56.5 Å². The molecule has 138 valence electrons. The number of halogens is 1. The Morgan fingerprint density at radius 3 is 2.58 bits per heavy atom. The Labute approximate surface area is 166 Å². The van der Waals surface area contributed by atoms with Crippen molar-refractivity contribution in [3.63, 3.8) is 0 Å². The summed E-state index contributed by atoms with van der Waals surface area (Å²) in [6.45, 7) is 5.87. The zero-order chi connectivity index (χ0) is 17.1. The van der Waals surface area contributed by atoms with E-state index in [0.717, 1.165) is 5.25 Å². The first-order chi connectivity index (χ1) is 12.3. The van der Waals surface area contributed by atoms with E-state index in [9.17, 15) is 0 Å². The van der Waals surface area contributed by atoms with Gasteiger partial charge in [0.1, 0.15) is 0 Å². The number of nitrogens with zero attached hydrogens (tertiary/aromatic N) is 1. The Kier molecular flexibility index (Phi) is 6.68. The number of likely N-dealkylation sites (tertiary alicyclic amines) is 1. The SMILES string of the molecule is Cc1ccccc1CCN1CCC(Sc2c[nH]c3ccccc23)CC1.Cl. The van der Waals surface area contributed by atoms with Gasteiger partial charge < -0.3 is 9.88 Å². The second-order valence-electron chi connectivity index (χ2n) is 7.03. The van der Waals surface area contributed by atoms with Gasteiger partial charge >= 0.3 is 0 Å². The number of thioether (sulfide) groups is 1. The molecule has 0 spiro atoms. The Balaban J connectivity index is 0.00000196. The van der Waals surface area contributed by atoms with Crippen molar-refractivity contribution in [3.05, 3.63) is 65.9 Å². The van der Waals surface area contributed by atoms with E-state index in [1.165, 1.54) is 65.8 Å². The molecule has 1 N–H and O–H groups in total. The summed E-state index contributed by atoms with van der Waals surface area (Å²) in [5, 5.41) is 2.11. The van der Waals surface area contributed by atoms with Gasteiger partial charge in [-0.1, -0.05) is 42.5 Å². The molecule has 0 aliphatic carbocycles. The zero-order valence-corrected chi connectivity index (χ0v) is 16.9. The first-order valence-electron chi connectivity index (χ1n) is 9.29. The average Bonchev–Trinajstić information content (AvgIpc) is 3.05. The number of rotatable bonds is 5. The van der Waals surface area contributed by atoms with Crippen molar-refractivity contribution >= 4 is 35.1 Å². The highest BCUT2D eigenvalue weighted by Crippen LogP contribution is 2.35. The lowest BCUT2D eigenvalue weighted by molar-refractivity contribution is 0.235. The van der Waals surface area contributed by atoms with Crippen LogP contribution < -0.4 is 0 Å². The molecule has 0 bridgehead atoms. The minimum absolute atomic E-state index is 0. The molecule has 0 unspecified atom stereocenters. The summed E-state index contributed by atoms with van der Waals surface area (Å²) in [6, 6.07) is 17.4. The number of para-hydroxylation sites is 1. The normalized spacial score (nSPS) is 15.9. The van der Waals surface area contributed by atoms with Gasteiger partial charge in [0.05, 0.1) is 0 Å². The average molecular weight is 387 g/mol. The Morgan fingerprint density at radius 2 is 1.77 bits per heavy atom. The standard InChI is InChI=1S/C22H26N2S.ClH/c1-17-6-2-3-7-18(17)10-13-24-14-11-19(12-15-24)25-22-16-23-21-9-5-4-8-20(21)22;/h2-9,16,19,23H,10-15H2,1H3;1H. The maximum absolute atomic E-state index is 3.40. The van der Waals surface area contributed by atoms with Crippen molar-refractivity contribution in [2.75, 3.05) is 19.6 Å². The van der Waals surface area contributed by atoms with Crippen LogP contribution in [0.2, 0.25) is 0 Å². The number of H-pyrrole nitrogens is 1. The molecule has 2 nitrogen and oxygen atoms in total. The highest BCUT2D eigenvalue weighted by molar-refractivity contribution is 8.00. The van der Waals surface area contributed by atoms with Crippen LogP contribution in [0.25, 0.3) is 10.9 Å². The van der Waals surface area contributed by atoms with Crippen molar-refractivity contribution in [1.29, 1.82) is 0 Å². The molecular weight excluding hydrogens is 360 g/mol. The summed E-state index contributed by atoms with van der Waals surface area (Å²) in [7, 11) is 0. The third-order valence-corrected chi connectivity index (χ3v) is 6.73. The van der Waals surface area contributed by atoms with E-state index >= 15 is 0 Å². The minimum Gasteiger partial charge on any atom is -0.360 e. The molecule has 1 fully saturated rings. The molecule has 26 heavy (non-hydrogen) atoms. The third kappa shape index (κ3) is 4.46. The van der Waals surface area contributed by atoms with Crippen molar-refractivity contribution in [3.8, 4) is 0 Å². The molecule has 0 atom stereocenters. The van der Waals surface area contributed by atoms with Crippen LogP contribution in [0.15, 0.2) is 59.6 Å². The van der Waals surface area contributed by atoms with Crippen LogP contribution in [0, 0.1) is 6.92 Å². The Hall–Kier alpha value is -1.42. The van der Waals surface area contributed by atoms with Crippen LogP contribution in [0.5, 0.6) is 0 Å².